The van der Waals surface area contributed by atoms with Crippen LogP contribution in [0.5, 0.6) is 0 Å². The minimum Gasteiger partial charge on any atom is -0.349 e. The molecule has 0 aliphatic carbocycles. The second-order valence-electron chi connectivity index (χ2n) is 6.18. The molecule has 8 heteroatoms. The van der Waals surface area contributed by atoms with Gasteiger partial charge in [-0.3, -0.25) is 10.1 Å². The van der Waals surface area contributed by atoms with Gasteiger partial charge in [0.1, 0.15) is 11.5 Å². The molecule has 1 saturated heterocycles. The molecule has 3 heterocycles. The molecule has 0 radical (unpaired) electrons. The molecule has 8 nitrogen and oxygen atoms in total. The molecule has 130 valence electrons. The molecule has 0 aromatic carbocycles. The number of aryl methyl sites for hydroxylation is 3. The molecule has 24 heavy (non-hydrogen) atoms. The highest BCUT2D eigenvalue weighted by atomic mass is 16.6. The van der Waals surface area contributed by atoms with Crippen LogP contribution in [0.4, 0.5) is 11.5 Å². The fraction of sp³-hybridized carbons (Fsp3) is 0.625. The summed E-state index contributed by atoms with van der Waals surface area (Å²) in [5.41, 5.74) is 0.620. The molecule has 0 N–H and O–H groups in total. The number of nitro groups is 1. The molecule has 1 aliphatic rings. The number of piperidine rings is 1. The van der Waals surface area contributed by atoms with Gasteiger partial charge in [-0.05, 0) is 26.7 Å². The number of anilines is 1. The van der Waals surface area contributed by atoms with Crippen LogP contribution >= 0.6 is 0 Å². The van der Waals surface area contributed by atoms with Crippen LogP contribution in [-0.4, -0.2) is 37.3 Å². The van der Waals surface area contributed by atoms with Gasteiger partial charge in [0.25, 0.3) is 0 Å². The summed E-state index contributed by atoms with van der Waals surface area (Å²) in [6.45, 7) is 7.95. The van der Waals surface area contributed by atoms with Gasteiger partial charge in [0, 0.05) is 38.4 Å². The molecular formula is C16H24N6O2. The molecule has 0 amide bonds. The summed E-state index contributed by atoms with van der Waals surface area (Å²) in [5.74, 6) is 1.71. The predicted molar refractivity (Wildman–Crippen MR) is 91.4 cm³/mol. The van der Waals surface area contributed by atoms with E-state index in [4.69, 9.17) is 0 Å². The third kappa shape index (κ3) is 2.76. The zero-order chi connectivity index (χ0) is 17.3. The van der Waals surface area contributed by atoms with Crippen molar-refractivity contribution in [1.29, 1.82) is 0 Å². The molecule has 1 fully saturated rings. The van der Waals surface area contributed by atoms with Crippen molar-refractivity contribution >= 4 is 11.5 Å². The Morgan fingerprint density at radius 3 is 2.88 bits per heavy atom. The first-order valence-corrected chi connectivity index (χ1v) is 8.55. The van der Waals surface area contributed by atoms with E-state index < -0.39 is 0 Å². The van der Waals surface area contributed by atoms with Crippen LogP contribution in [-0.2, 0) is 13.0 Å². The summed E-state index contributed by atoms with van der Waals surface area (Å²) in [4.78, 5) is 17.8. The number of nitrogens with zero attached hydrogens (tertiary/aromatic N) is 6. The lowest BCUT2D eigenvalue weighted by Crippen LogP contribution is -2.38. The Balaban J connectivity index is 1.94. The third-order valence-corrected chi connectivity index (χ3v) is 4.71. The quantitative estimate of drug-likeness (QED) is 0.621. The summed E-state index contributed by atoms with van der Waals surface area (Å²) >= 11 is 0. The van der Waals surface area contributed by atoms with Gasteiger partial charge in [0.05, 0.1) is 11.0 Å². The molecule has 1 aliphatic heterocycles. The van der Waals surface area contributed by atoms with Gasteiger partial charge in [-0.15, -0.1) is 0 Å². The van der Waals surface area contributed by atoms with Gasteiger partial charge in [-0.1, -0.05) is 6.92 Å². The Bertz CT molecular complexity index is 735. The Kier molecular flexibility index (Phi) is 4.55. The summed E-state index contributed by atoms with van der Waals surface area (Å²) in [6.07, 6.45) is 6.80. The number of hydrogen-bond acceptors (Lipinski definition) is 5. The van der Waals surface area contributed by atoms with E-state index in [0.29, 0.717) is 18.1 Å². The first kappa shape index (κ1) is 16.5. The van der Waals surface area contributed by atoms with Crippen molar-refractivity contribution in [2.24, 2.45) is 0 Å². The van der Waals surface area contributed by atoms with Crippen molar-refractivity contribution in [2.75, 3.05) is 18.0 Å². The summed E-state index contributed by atoms with van der Waals surface area (Å²) in [6, 6.07) is 0.288. The van der Waals surface area contributed by atoms with Crippen LogP contribution in [0.25, 0.3) is 0 Å². The molecule has 1 unspecified atom stereocenters. The highest BCUT2D eigenvalue weighted by Crippen LogP contribution is 2.35. The minimum absolute atomic E-state index is 0.138. The Labute approximate surface area is 141 Å². The van der Waals surface area contributed by atoms with Gasteiger partial charge in [-0.25, -0.2) is 9.67 Å². The zero-order valence-electron chi connectivity index (χ0n) is 14.5. The highest BCUT2D eigenvalue weighted by molar-refractivity contribution is 5.61. The lowest BCUT2D eigenvalue weighted by molar-refractivity contribution is -0.384. The van der Waals surface area contributed by atoms with Gasteiger partial charge in [0.2, 0.25) is 5.82 Å². The van der Waals surface area contributed by atoms with Gasteiger partial charge < -0.3 is 9.47 Å². The standard InChI is InChI=1S/C16H24N6O2/c1-4-14-17-8-10-20(14)13-7-6-9-19(11-13)16-15(22(23)24)12(3)18-21(16)5-2/h8,10,13H,4-7,9,11H2,1-3H3. The molecule has 2 aromatic rings. The van der Waals surface area contributed by atoms with Crippen molar-refractivity contribution in [3.8, 4) is 0 Å². The fourth-order valence-electron chi connectivity index (χ4n) is 3.63. The Morgan fingerprint density at radius 2 is 2.21 bits per heavy atom. The number of imidazole rings is 1. The van der Waals surface area contributed by atoms with Crippen molar-refractivity contribution in [3.05, 3.63) is 34.0 Å². The smallest absolute Gasteiger partial charge is 0.333 e. The maximum atomic E-state index is 11.5. The largest absolute Gasteiger partial charge is 0.349 e. The van der Waals surface area contributed by atoms with Crippen molar-refractivity contribution in [3.63, 3.8) is 0 Å². The lowest BCUT2D eigenvalue weighted by atomic mass is 10.0. The summed E-state index contributed by atoms with van der Waals surface area (Å²) in [5, 5.41) is 15.9. The van der Waals surface area contributed by atoms with Crippen LogP contribution in [0.3, 0.4) is 0 Å². The summed E-state index contributed by atoms with van der Waals surface area (Å²) in [7, 11) is 0. The zero-order valence-corrected chi connectivity index (χ0v) is 14.5. The minimum atomic E-state index is -0.303. The van der Waals surface area contributed by atoms with Crippen LogP contribution in [0.1, 0.15) is 44.2 Å². The second kappa shape index (κ2) is 6.62. The highest BCUT2D eigenvalue weighted by Gasteiger charge is 2.32. The van der Waals surface area contributed by atoms with E-state index >= 15 is 0 Å². The van der Waals surface area contributed by atoms with E-state index in [2.05, 4.69) is 26.5 Å². The lowest BCUT2D eigenvalue weighted by Gasteiger charge is -2.35. The molecule has 0 saturated carbocycles. The molecule has 3 rings (SSSR count). The van der Waals surface area contributed by atoms with E-state index in [-0.39, 0.29) is 16.7 Å². The number of hydrogen-bond donors (Lipinski definition) is 0. The fourth-order valence-corrected chi connectivity index (χ4v) is 3.63. The van der Waals surface area contributed by atoms with Crippen molar-refractivity contribution < 1.29 is 4.92 Å². The van der Waals surface area contributed by atoms with Gasteiger partial charge >= 0.3 is 5.69 Å². The van der Waals surface area contributed by atoms with Crippen LogP contribution in [0.2, 0.25) is 0 Å². The first-order valence-electron chi connectivity index (χ1n) is 8.55. The van der Waals surface area contributed by atoms with Crippen molar-refractivity contribution in [1.82, 2.24) is 19.3 Å². The Morgan fingerprint density at radius 1 is 1.42 bits per heavy atom. The van der Waals surface area contributed by atoms with E-state index in [1.165, 1.54) is 0 Å². The second-order valence-corrected chi connectivity index (χ2v) is 6.18. The van der Waals surface area contributed by atoms with E-state index in [9.17, 15) is 10.1 Å². The van der Waals surface area contributed by atoms with E-state index in [1.54, 1.807) is 11.6 Å². The molecule has 0 bridgehead atoms. The van der Waals surface area contributed by atoms with Crippen molar-refractivity contribution in [2.45, 2.75) is 52.6 Å². The first-order chi connectivity index (χ1) is 11.6. The average molecular weight is 332 g/mol. The van der Waals surface area contributed by atoms with E-state index in [0.717, 1.165) is 38.2 Å². The average Bonchev–Trinajstić information content (AvgIpc) is 3.18. The Hall–Kier alpha value is -2.38. The van der Waals surface area contributed by atoms with E-state index in [1.807, 2.05) is 19.3 Å². The molecular weight excluding hydrogens is 308 g/mol. The predicted octanol–water partition coefficient (Wildman–Crippen LogP) is 2.72. The van der Waals surface area contributed by atoms with Crippen LogP contribution < -0.4 is 4.90 Å². The summed E-state index contributed by atoms with van der Waals surface area (Å²) < 4.78 is 3.97. The normalized spacial score (nSPS) is 18.1. The molecule has 0 spiro atoms. The van der Waals surface area contributed by atoms with Gasteiger partial charge in [-0.2, -0.15) is 5.10 Å². The third-order valence-electron chi connectivity index (χ3n) is 4.71. The SMILES string of the molecule is CCc1nccn1C1CCCN(c2c([N+](=O)[O-])c(C)nn2CC)C1. The van der Waals surface area contributed by atoms with Crippen LogP contribution in [0, 0.1) is 17.0 Å². The molecule has 2 aromatic heterocycles. The number of rotatable bonds is 5. The molecule has 1 atom stereocenters. The monoisotopic (exact) mass is 332 g/mol. The maximum absolute atomic E-state index is 11.5. The maximum Gasteiger partial charge on any atom is 0.333 e. The van der Waals surface area contributed by atoms with Crippen LogP contribution in [0.15, 0.2) is 12.4 Å². The number of aromatic nitrogens is 4. The topological polar surface area (TPSA) is 82.0 Å². The van der Waals surface area contributed by atoms with Gasteiger partial charge in [0.15, 0.2) is 0 Å².